The molecule has 0 atom stereocenters. The molecule has 0 aliphatic heterocycles. The number of halogens is 1. The minimum Gasteiger partial charge on any atom is -0.308 e. The van der Waals surface area contributed by atoms with Crippen LogP contribution in [0.1, 0.15) is 40.2 Å². The highest BCUT2D eigenvalue weighted by molar-refractivity contribution is 9.10. The lowest BCUT2D eigenvalue weighted by molar-refractivity contribution is -0.385. The number of benzene rings is 1. The molecule has 0 bridgehead atoms. The van der Waals surface area contributed by atoms with Gasteiger partial charge in [-0.2, -0.15) is 0 Å². The minimum atomic E-state index is -0.342. The molecule has 0 fully saturated rings. The molecule has 0 unspecified atom stereocenters. The van der Waals surface area contributed by atoms with Gasteiger partial charge in [0.1, 0.15) is 0 Å². The monoisotopic (exact) mass is 354 g/mol. The van der Waals surface area contributed by atoms with Crippen molar-refractivity contribution in [3.8, 4) is 0 Å². The lowest BCUT2D eigenvalue weighted by Crippen LogP contribution is -2.37. The van der Waals surface area contributed by atoms with Gasteiger partial charge in [0.2, 0.25) is 0 Å². The summed E-state index contributed by atoms with van der Waals surface area (Å²) in [6, 6.07) is 5.15. The smallest absolute Gasteiger partial charge is 0.277 e. The third-order valence-electron chi connectivity index (χ3n) is 3.09. The van der Waals surface area contributed by atoms with Crippen LogP contribution in [0.5, 0.6) is 0 Å². The molecule has 4 nitrogen and oxygen atoms in total. The second kappa shape index (κ2) is 7.18. The van der Waals surface area contributed by atoms with Crippen molar-refractivity contribution in [1.29, 1.82) is 0 Å². The quantitative estimate of drug-likeness (QED) is 0.611. The fourth-order valence-corrected chi connectivity index (χ4v) is 2.13. The Kier molecular flexibility index (Phi) is 6.10. The first-order valence-corrected chi connectivity index (χ1v) is 7.79. The second-order valence-corrected chi connectivity index (χ2v) is 7.35. The van der Waals surface area contributed by atoms with Gasteiger partial charge in [0.25, 0.3) is 5.69 Å². The molecule has 116 valence electrons. The Bertz CT molecular complexity index is 546. The van der Waals surface area contributed by atoms with Crippen molar-refractivity contribution in [3.63, 3.8) is 0 Å². The van der Waals surface area contributed by atoms with Crippen LogP contribution in [0, 0.1) is 16.0 Å². The molecule has 0 heterocycles. The topological polar surface area (TPSA) is 55.2 Å². The molecule has 1 aromatic rings. The van der Waals surface area contributed by atoms with E-state index in [1.165, 1.54) is 0 Å². The summed E-state index contributed by atoms with van der Waals surface area (Å²) in [7, 11) is 0. The first-order chi connectivity index (χ1) is 9.60. The Morgan fingerprint density at radius 2 is 2.05 bits per heavy atom. The summed E-state index contributed by atoms with van der Waals surface area (Å²) in [6.07, 6.45) is 1.92. The van der Waals surface area contributed by atoms with Crippen LogP contribution in [0.25, 0.3) is 6.08 Å². The van der Waals surface area contributed by atoms with Gasteiger partial charge in [-0.05, 0) is 44.9 Å². The molecule has 0 saturated heterocycles. The van der Waals surface area contributed by atoms with E-state index in [0.29, 0.717) is 22.5 Å². The van der Waals surface area contributed by atoms with Crippen LogP contribution >= 0.6 is 15.9 Å². The number of hydrogen-bond donors (Lipinski definition) is 1. The molecular weight excluding hydrogens is 332 g/mol. The Morgan fingerprint density at radius 3 is 2.52 bits per heavy atom. The third kappa shape index (κ3) is 5.98. The first kappa shape index (κ1) is 17.9. The van der Waals surface area contributed by atoms with Crippen molar-refractivity contribution in [2.45, 2.75) is 40.2 Å². The maximum Gasteiger partial charge on any atom is 0.277 e. The van der Waals surface area contributed by atoms with Gasteiger partial charge in [0.15, 0.2) is 0 Å². The van der Waals surface area contributed by atoms with E-state index in [0.717, 1.165) is 5.57 Å². The molecule has 1 N–H and O–H groups in total. The van der Waals surface area contributed by atoms with Gasteiger partial charge in [-0.25, -0.2) is 0 Å². The standard InChI is InChI=1S/C16H23BrN2O2/c1-11(2)13(10-18-16(3,4)5)8-12-6-7-14(17)9-15(12)19(20)21/h6-9,11,18H,10H2,1-5H3/b13-8+. The highest BCUT2D eigenvalue weighted by Gasteiger charge is 2.16. The zero-order valence-corrected chi connectivity index (χ0v) is 14.8. The van der Waals surface area contributed by atoms with Crippen molar-refractivity contribution in [2.24, 2.45) is 5.92 Å². The van der Waals surface area contributed by atoms with Gasteiger partial charge in [-0.3, -0.25) is 10.1 Å². The third-order valence-corrected chi connectivity index (χ3v) is 3.59. The van der Waals surface area contributed by atoms with Crippen molar-refractivity contribution >= 4 is 27.7 Å². The van der Waals surface area contributed by atoms with Crippen molar-refractivity contribution < 1.29 is 4.92 Å². The van der Waals surface area contributed by atoms with E-state index < -0.39 is 0 Å². The largest absolute Gasteiger partial charge is 0.308 e. The zero-order chi connectivity index (χ0) is 16.2. The van der Waals surface area contributed by atoms with E-state index >= 15 is 0 Å². The van der Waals surface area contributed by atoms with E-state index in [9.17, 15) is 10.1 Å². The maximum atomic E-state index is 11.2. The van der Waals surface area contributed by atoms with Crippen LogP contribution in [0.15, 0.2) is 28.2 Å². The summed E-state index contributed by atoms with van der Waals surface area (Å²) in [5.41, 5.74) is 1.93. The summed E-state index contributed by atoms with van der Waals surface area (Å²) in [5, 5.41) is 14.6. The average Bonchev–Trinajstić information content (AvgIpc) is 2.34. The molecule has 21 heavy (non-hydrogen) atoms. The van der Waals surface area contributed by atoms with Gasteiger partial charge < -0.3 is 5.32 Å². The Labute approximate surface area is 134 Å². The van der Waals surface area contributed by atoms with Crippen molar-refractivity contribution in [1.82, 2.24) is 5.32 Å². The number of nitrogens with one attached hydrogen (secondary N) is 1. The van der Waals surface area contributed by atoms with Crippen LogP contribution in [0.4, 0.5) is 5.69 Å². The maximum absolute atomic E-state index is 11.2. The number of nitro groups is 1. The van der Waals surface area contributed by atoms with Crippen LogP contribution in [-0.2, 0) is 0 Å². The number of nitro benzene ring substituents is 1. The van der Waals surface area contributed by atoms with Gasteiger partial charge in [0, 0.05) is 22.6 Å². The molecule has 0 radical (unpaired) electrons. The van der Waals surface area contributed by atoms with Gasteiger partial charge in [-0.1, -0.05) is 35.4 Å². The molecule has 1 aromatic carbocycles. The summed E-state index contributed by atoms with van der Waals surface area (Å²) in [4.78, 5) is 10.8. The van der Waals surface area contributed by atoms with Gasteiger partial charge in [-0.15, -0.1) is 0 Å². The minimum absolute atomic E-state index is 0.0135. The van der Waals surface area contributed by atoms with E-state index in [1.807, 2.05) is 12.1 Å². The summed E-state index contributed by atoms with van der Waals surface area (Å²) in [6.45, 7) is 11.2. The molecule has 0 spiro atoms. The Hall–Kier alpha value is -1.20. The molecule has 0 aliphatic rings. The first-order valence-electron chi connectivity index (χ1n) is 6.99. The highest BCUT2D eigenvalue weighted by atomic mass is 79.9. The molecule has 1 rings (SSSR count). The molecule has 0 amide bonds. The molecular formula is C16H23BrN2O2. The van der Waals surface area contributed by atoms with E-state index in [-0.39, 0.29) is 16.1 Å². The molecule has 0 aliphatic carbocycles. The molecule has 0 aromatic heterocycles. The van der Waals surface area contributed by atoms with Crippen molar-refractivity contribution in [3.05, 3.63) is 43.9 Å². The van der Waals surface area contributed by atoms with E-state index in [4.69, 9.17) is 0 Å². The van der Waals surface area contributed by atoms with Crippen LogP contribution in [0.3, 0.4) is 0 Å². The van der Waals surface area contributed by atoms with Crippen LogP contribution < -0.4 is 5.32 Å². The fourth-order valence-electron chi connectivity index (χ4n) is 1.79. The lowest BCUT2D eigenvalue weighted by Gasteiger charge is -2.23. The second-order valence-electron chi connectivity index (χ2n) is 6.44. The molecule has 5 heteroatoms. The zero-order valence-electron chi connectivity index (χ0n) is 13.2. The lowest BCUT2D eigenvalue weighted by atomic mass is 9.98. The average molecular weight is 355 g/mol. The number of nitrogens with zero attached hydrogens (tertiary/aromatic N) is 1. The van der Waals surface area contributed by atoms with Crippen molar-refractivity contribution in [2.75, 3.05) is 6.54 Å². The predicted molar refractivity (Wildman–Crippen MR) is 91.4 cm³/mol. The van der Waals surface area contributed by atoms with E-state index in [2.05, 4.69) is 55.9 Å². The normalized spacial score (nSPS) is 12.8. The Morgan fingerprint density at radius 1 is 1.43 bits per heavy atom. The number of hydrogen-bond acceptors (Lipinski definition) is 3. The van der Waals surface area contributed by atoms with Gasteiger partial charge in [0.05, 0.1) is 10.5 Å². The summed E-state index contributed by atoms with van der Waals surface area (Å²) in [5.74, 6) is 0.322. The highest BCUT2D eigenvalue weighted by Crippen LogP contribution is 2.27. The predicted octanol–water partition coefficient (Wildman–Crippen LogP) is 4.78. The molecule has 0 saturated carbocycles. The SMILES string of the molecule is CC(C)/C(=C/c1ccc(Br)cc1[N+](=O)[O-])CNC(C)(C)C. The van der Waals surface area contributed by atoms with E-state index in [1.54, 1.807) is 12.1 Å². The van der Waals surface area contributed by atoms with Gasteiger partial charge >= 0.3 is 0 Å². The summed E-state index contributed by atoms with van der Waals surface area (Å²) >= 11 is 3.28. The van der Waals surface area contributed by atoms with Crippen LogP contribution in [0.2, 0.25) is 0 Å². The number of rotatable bonds is 5. The summed E-state index contributed by atoms with van der Waals surface area (Å²) < 4.78 is 0.713. The fraction of sp³-hybridized carbons (Fsp3) is 0.500. The Balaban J connectivity index is 3.14. The van der Waals surface area contributed by atoms with Crippen LogP contribution in [-0.4, -0.2) is 17.0 Å².